The second-order valence-electron chi connectivity index (χ2n) is 3.63. The summed E-state index contributed by atoms with van der Waals surface area (Å²) >= 11 is 0. The predicted octanol–water partition coefficient (Wildman–Crippen LogP) is 2.16. The monoisotopic (exact) mass is 178 g/mol. The summed E-state index contributed by atoms with van der Waals surface area (Å²) in [6.45, 7) is 4.95. The Bertz CT molecular complexity index is 251. The molecule has 0 atom stereocenters. The Balaban J connectivity index is 2.81. The maximum atomic E-state index is 5.53. The molecule has 2 heteroatoms. The summed E-state index contributed by atoms with van der Waals surface area (Å²) in [5, 5.41) is 0. The third-order valence-corrected chi connectivity index (χ3v) is 2.27. The van der Waals surface area contributed by atoms with E-state index in [2.05, 4.69) is 38.1 Å². The van der Waals surface area contributed by atoms with E-state index in [0.717, 1.165) is 0 Å². The molecule has 72 valence electrons. The summed E-state index contributed by atoms with van der Waals surface area (Å²) in [5.41, 5.74) is 8.07. The Morgan fingerprint density at radius 1 is 1.23 bits per heavy atom. The molecular weight excluding hydrogens is 160 g/mol. The minimum atomic E-state index is 0.557. The van der Waals surface area contributed by atoms with Gasteiger partial charge in [0.05, 0.1) is 6.67 Å². The normalized spacial score (nSPS) is 10.5. The van der Waals surface area contributed by atoms with Gasteiger partial charge in [0.1, 0.15) is 0 Å². The molecule has 1 aromatic rings. The Labute approximate surface area is 80.4 Å². The van der Waals surface area contributed by atoms with E-state index in [1.54, 1.807) is 0 Å². The van der Waals surface area contributed by atoms with Crippen LogP contribution in [0.15, 0.2) is 24.3 Å². The first-order valence-corrected chi connectivity index (χ1v) is 4.66. The Morgan fingerprint density at radius 3 is 2.15 bits per heavy atom. The largest absolute Gasteiger partial charge is 0.362 e. The van der Waals surface area contributed by atoms with Crippen molar-refractivity contribution in [3.05, 3.63) is 29.8 Å². The lowest BCUT2D eigenvalue weighted by molar-refractivity contribution is 0.864. The third-order valence-electron chi connectivity index (χ3n) is 2.27. The minimum absolute atomic E-state index is 0.557. The number of nitrogens with two attached hydrogens (primary N) is 1. The van der Waals surface area contributed by atoms with E-state index in [0.29, 0.717) is 12.6 Å². The van der Waals surface area contributed by atoms with Gasteiger partial charge in [-0.15, -0.1) is 0 Å². The maximum absolute atomic E-state index is 5.53. The molecule has 2 N–H and O–H groups in total. The van der Waals surface area contributed by atoms with Gasteiger partial charge in [-0.05, 0) is 23.6 Å². The lowest BCUT2D eigenvalue weighted by Gasteiger charge is -2.17. The molecule has 13 heavy (non-hydrogen) atoms. The Morgan fingerprint density at radius 2 is 1.77 bits per heavy atom. The molecule has 0 aliphatic heterocycles. The van der Waals surface area contributed by atoms with Crippen molar-refractivity contribution in [3.8, 4) is 0 Å². The van der Waals surface area contributed by atoms with Crippen LogP contribution in [0.3, 0.4) is 0 Å². The average molecular weight is 178 g/mol. The van der Waals surface area contributed by atoms with Gasteiger partial charge in [0.25, 0.3) is 0 Å². The van der Waals surface area contributed by atoms with Crippen LogP contribution in [-0.2, 0) is 0 Å². The van der Waals surface area contributed by atoms with E-state index < -0.39 is 0 Å². The molecule has 0 spiro atoms. The van der Waals surface area contributed by atoms with E-state index in [9.17, 15) is 0 Å². The van der Waals surface area contributed by atoms with Crippen molar-refractivity contribution in [2.24, 2.45) is 5.73 Å². The smallest absolute Gasteiger partial charge is 0.0653 e. The summed E-state index contributed by atoms with van der Waals surface area (Å²) in [6, 6.07) is 8.54. The summed E-state index contributed by atoms with van der Waals surface area (Å²) < 4.78 is 0. The van der Waals surface area contributed by atoms with Crippen LogP contribution in [0.1, 0.15) is 25.3 Å². The van der Waals surface area contributed by atoms with Gasteiger partial charge < -0.3 is 10.6 Å². The fourth-order valence-electron chi connectivity index (χ4n) is 1.22. The number of hydrogen-bond acceptors (Lipinski definition) is 2. The zero-order valence-electron chi connectivity index (χ0n) is 8.62. The van der Waals surface area contributed by atoms with Crippen LogP contribution in [-0.4, -0.2) is 13.7 Å². The number of nitrogens with zero attached hydrogens (tertiary/aromatic N) is 1. The van der Waals surface area contributed by atoms with Crippen LogP contribution in [0.25, 0.3) is 0 Å². The van der Waals surface area contributed by atoms with Crippen molar-refractivity contribution in [1.29, 1.82) is 0 Å². The second-order valence-corrected chi connectivity index (χ2v) is 3.63. The SMILES string of the molecule is CC(C)c1ccc(N(C)CN)cc1. The topological polar surface area (TPSA) is 29.3 Å². The summed E-state index contributed by atoms with van der Waals surface area (Å²) in [6.07, 6.45) is 0. The molecule has 1 rings (SSSR count). The van der Waals surface area contributed by atoms with Gasteiger partial charge in [0.15, 0.2) is 0 Å². The molecule has 0 heterocycles. The van der Waals surface area contributed by atoms with Gasteiger partial charge in [-0.3, -0.25) is 0 Å². The minimum Gasteiger partial charge on any atom is -0.362 e. The molecular formula is C11H18N2. The van der Waals surface area contributed by atoms with E-state index >= 15 is 0 Å². The highest BCUT2D eigenvalue weighted by atomic mass is 15.1. The molecule has 2 nitrogen and oxygen atoms in total. The van der Waals surface area contributed by atoms with E-state index in [1.165, 1.54) is 11.3 Å². The van der Waals surface area contributed by atoms with Gasteiger partial charge in [0.2, 0.25) is 0 Å². The van der Waals surface area contributed by atoms with Crippen LogP contribution in [0.2, 0.25) is 0 Å². The Hall–Kier alpha value is -1.02. The molecule has 0 radical (unpaired) electrons. The third kappa shape index (κ3) is 2.46. The molecule has 0 fully saturated rings. The fraction of sp³-hybridized carbons (Fsp3) is 0.455. The van der Waals surface area contributed by atoms with E-state index in [4.69, 9.17) is 5.73 Å². The highest BCUT2D eigenvalue weighted by molar-refractivity contribution is 5.46. The average Bonchev–Trinajstić information content (AvgIpc) is 2.17. The predicted molar refractivity (Wildman–Crippen MR) is 58.0 cm³/mol. The molecule has 0 unspecified atom stereocenters. The standard InChI is InChI=1S/C11H18N2/c1-9(2)10-4-6-11(7-5-10)13(3)8-12/h4-7,9H,8,12H2,1-3H3. The lowest BCUT2D eigenvalue weighted by Crippen LogP contribution is -2.24. The summed E-state index contributed by atoms with van der Waals surface area (Å²) in [5.74, 6) is 0.595. The molecule has 0 aromatic heterocycles. The number of rotatable bonds is 3. The zero-order valence-corrected chi connectivity index (χ0v) is 8.62. The van der Waals surface area contributed by atoms with Crippen LogP contribution >= 0.6 is 0 Å². The van der Waals surface area contributed by atoms with Crippen molar-refractivity contribution in [2.45, 2.75) is 19.8 Å². The molecule has 0 saturated heterocycles. The fourth-order valence-corrected chi connectivity index (χ4v) is 1.22. The number of benzene rings is 1. The van der Waals surface area contributed by atoms with Crippen LogP contribution < -0.4 is 10.6 Å². The van der Waals surface area contributed by atoms with Gasteiger partial charge in [-0.1, -0.05) is 26.0 Å². The summed E-state index contributed by atoms with van der Waals surface area (Å²) in [7, 11) is 1.99. The molecule has 0 aliphatic carbocycles. The van der Waals surface area contributed by atoms with Gasteiger partial charge in [-0.2, -0.15) is 0 Å². The molecule has 0 amide bonds. The first kappa shape index (κ1) is 10.1. The van der Waals surface area contributed by atoms with Gasteiger partial charge in [0, 0.05) is 12.7 Å². The van der Waals surface area contributed by atoms with Gasteiger partial charge in [-0.25, -0.2) is 0 Å². The van der Waals surface area contributed by atoms with E-state index in [-0.39, 0.29) is 0 Å². The van der Waals surface area contributed by atoms with E-state index in [1.807, 2.05) is 11.9 Å². The molecule has 0 saturated carbocycles. The highest BCUT2D eigenvalue weighted by Crippen LogP contribution is 2.18. The maximum Gasteiger partial charge on any atom is 0.0653 e. The van der Waals surface area contributed by atoms with Gasteiger partial charge >= 0.3 is 0 Å². The van der Waals surface area contributed by atoms with Crippen LogP contribution in [0, 0.1) is 0 Å². The van der Waals surface area contributed by atoms with Crippen LogP contribution in [0.4, 0.5) is 5.69 Å². The number of hydrogen-bond donors (Lipinski definition) is 1. The first-order valence-electron chi connectivity index (χ1n) is 4.66. The molecule has 0 aliphatic rings. The number of anilines is 1. The van der Waals surface area contributed by atoms with Crippen molar-refractivity contribution in [2.75, 3.05) is 18.6 Å². The van der Waals surface area contributed by atoms with Crippen molar-refractivity contribution < 1.29 is 0 Å². The Kier molecular flexibility index (Phi) is 3.32. The summed E-state index contributed by atoms with van der Waals surface area (Å²) in [4.78, 5) is 2.02. The molecule has 0 bridgehead atoms. The second kappa shape index (κ2) is 4.28. The molecule has 1 aromatic carbocycles. The van der Waals surface area contributed by atoms with Crippen molar-refractivity contribution in [1.82, 2.24) is 0 Å². The highest BCUT2D eigenvalue weighted by Gasteiger charge is 2.00. The lowest BCUT2D eigenvalue weighted by atomic mass is 10.0. The van der Waals surface area contributed by atoms with Crippen molar-refractivity contribution in [3.63, 3.8) is 0 Å². The zero-order chi connectivity index (χ0) is 9.84. The first-order chi connectivity index (χ1) is 6.15. The quantitative estimate of drug-likeness (QED) is 0.719. The van der Waals surface area contributed by atoms with Crippen LogP contribution in [0.5, 0.6) is 0 Å². The van der Waals surface area contributed by atoms with Crippen molar-refractivity contribution >= 4 is 5.69 Å².